The van der Waals surface area contributed by atoms with Crippen molar-refractivity contribution < 1.29 is 9.59 Å². The maximum absolute atomic E-state index is 12.5. The van der Waals surface area contributed by atoms with E-state index in [9.17, 15) is 9.59 Å². The molecule has 5 heteroatoms. The van der Waals surface area contributed by atoms with Gasteiger partial charge in [-0.25, -0.2) is 0 Å². The van der Waals surface area contributed by atoms with Gasteiger partial charge in [0.15, 0.2) is 0 Å². The van der Waals surface area contributed by atoms with Gasteiger partial charge in [0.05, 0.1) is 4.91 Å². The molecule has 0 bridgehead atoms. The van der Waals surface area contributed by atoms with E-state index in [2.05, 4.69) is 12.1 Å². The molecule has 1 aliphatic heterocycles. The molecule has 1 heterocycles. The lowest BCUT2D eigenvalue weighted by Gasteiger charge is -2.12. The Morgan fingerprint density at radius 3 is 2.35 bits per heavy atom. The number of anilines is 1. The molecule has 2 aromatic rings. The van der Waals surface area contributed by atoms with Crippen LogP contribution in [0.25, 0.3) is 6.08 Å². The van der Waals surface area contributed by atoms with Crippen LogP contribution in [0, 0.1) is 0 Å². The first kappa shape index (κ1) is 18.3. The van der Waals surface area contributed by atoms with Gasteiger partial charge in [-0.2, -0.15) is 0 Å². The van der Waals surface area contributed by atoms with Gasteiger partial charge in [-0.1, -0.05) is 42.5 Å². The van der Waals surface area contributed by atoms with Gasteiger partial charge < -0.3 is 4.90 Å². The molecule has 2 amide bonds. The van der Waals surface area contributed by atoms with Crippen LogP contribution in [0.1, 0.15) is 17.5 Å². The highest BCUT2D eigenvalue weighted by atomic mass is 32.2. The largest absolute Gasteiger partial charge is 0.378 e. The first-order valence-electron chi connectivity index (χ1n) is 8.61. The zero-order valence-electron chi connectivity index (χ0n) is 15.0. The van der Waals surface area contributed by atoms with Crippen molar-refractivity contribution in [2.24, 2.45) is 0 Å². The molecule has 0 aromatic heterocycles. The molecule has 0 saturated carbocycles. The molecule has 1 fully saturated rings. The van der Waals surface area contributed by atoms with Gasteiger partial charge in [0.1, 0.15) is 0 Å². The van der Waals surface area contributed by atoms with E-state index in [-0.39, 0.29) is 11.1 Å². The molecule has 0 atom stereocenters. The molecule has 0 spiro atoms. The second kappa shape index (κ2) is 8.23. The van der Waals surface area contributed by atoms with E-state index >= 15 is 0 Å². The summed E-state index contributed by atoms with van der Waals surface area (Å²) >= 11 is 1.02. The predicted octanol–water partition coefficient (Wildman–Crippen LogP) is 4.42. The first-order chi connectivity index (χ1) is 12.5. The highest BCUT2D eigenvalue weighted by molar-refractivity contribution is 8.18. The van der Waals surface area contributed by atoms with Crippen LogP contribution >= 0.6 is 11.8 Å². The van der Waals surface area contributed by atoms with Gasteiger partial charge >= 0.3 is 0 Å². The summed E-state index contributed by atoms with van der Waals surface area (Å²) in [7, 11) is 3.96. The number of thioether (sulfide) groups is 1. The molecule has 1 aliphatic rings. The quantitative estimate of drug-likeness (QED) is 0.710. The molecule has 26 heavy (non-hydrogen) atoms. The Morgan fingerprint density at radius 1 is 1.00 bits per heavy atom. The summed E-state index contributed by atoms with van der Waals surface area (Å²) in [6, 6.07) is 18.0. The molecule has 0 unspecified atom stereocenters. The Bertz CT molecular complexity index is 814. The van der Waals surface area contributed by atoms with E-state index in [1.165, 1.54) is 10.5 Å². The third-order valence-corrected chi connectivity index (χ3v) is 5.18. The number of rotatable bonds is 6. The second-order valence-electron chi connectivity index (χ2n) is 6.41. The Hall–Kier alpha value is -2.53. The molecule has 4 nitrogen and oxygen atoms in total. The Kier molecular flexibility index (Phi) is 5.78. The standard InChI is InChI=1S/C21H22N2O2S/c1-22(2)18-12-10-17(11-13-18)15-19-20(24)23(21(25)26-19)14-6-9-16-7-4-3-5-8-16/h3-5,7-8,10-13,15H,6,9,14H2,1-2H3/b19-15+. The second-order valence-corrected chi connectivity index (χ2v) is 7.40. The topological polar surface area (TPSA) is 40.6 Å². The van der Waals surface area contributed by atoms with E-state index in [1.54, 1.807) is 6.08 Å². The van der Waals surface area contributed by atoms with Gasteiger partial charge in [0, 0.05) is 26.3 Å². The summed E-state index contributed by atoms with van der Waals surface area (Å²) in [6.07, 6.45) is 3.42. The summed E-state index contributed by atoms with van der Waals surface area (Å²) in [5, 5.41) is -0.181. The Morgan fingerprint density at radius 2 is 1.69 bits per heavy atom. The minimum Gasteiger partial charge on any atom is -0.378 e. The van der Waals surface area contributed by atoms with E-state index in [1.807, 2.05) is 61.5 Å². The normalized spacial score (nSPS) is 15.8. The van der Waals surface area contributed by atoms with Crippen molar-refractivity contribution >= 4 is 34.7 Å². The fourth-order valence-corrected chi connectivity index (χ4v) is 3.66. The summed E-state index contributed by atoms with van der Waals surface area (Å²) in [4.78, 5) is 28.6. The lowest BCUT2D eigenvalue weighted by Crippen LogP contribution is -2.29. The molecule has 3 rings (SSSR count). The Labute approximate surface area is 158 Å². The van der Waals surface area contributed by atoms with Gasteiger partial charge in [0.2, 0.25) is 0 Å². The third kappa shape index (κ3) is 4.35. The van der Waals surface area contributed by atoms with Crippen molar-refractivity contribution in [2.45, 2.75) is 12.8 Å². The average Bonchev–Trinajstić information content (AvgIpc) is 2.90. The predicted molar refractivity (Wildman–Crippen MR) is 108 cm³/mol. The Balaban J connectivity index is 1.62. The summed E-state index contributed by atoms with van der Waals surface area (Å²) in [5.41, 5.74) is 3.23. The molecule has 0 aliphatic carbocycles. The molecule has 1 saturated heterocycles. The molecule has 0 radical (unpaired) electrons. The summed E-state index contributed by atoms with van der Waals surface area (Å²) < 4.78 is 0. The number of carbonyl (C=O) groups is 2. The SMILES string of the molecule is CN(C)c1ccc(/C=C2/SC(=O)N(CCCc3ccccc3)C2=O)cc1. The number of benzene rings is 2. The van der Waals surface area contributed by atoms with E-state index in [0.717, 1.165) is 35.9 Å². The van der Waals surface area contributed by atoms with Crippen LogP contribution in [-0.2, 0) is 11.2 Å². The molecular formula is C21H22N2O2S. The van der Waals surface area contributed by atoms with Gasteiger partial charge in [-0.05, 0) is 53.9 Å². The van der Waals surface area contributed by atoms with E-state index in [0.29, 0.717) is 11.4 Å². The number of hydrogen-bond acceptors (Lipinski definition) is 4. The van der Waals surface area contributed by atoms with Crippen LogP contribution in [-0.4, -0.2) is 36.7 Å². The van der Waals surface area contributed by atoms with Crippen molar-refractivity contribution in [1.29, 1.82) is 0 Å². The highest BCUT2D eigenvalue weighted by Crippen LogP contribution is 2.32. The molecule has 2 aromatic carbocycles. The van der Waals surface area contributed by atoms with Crippen molar-refractivity contribution in [2.75, 3.05) is 25.5 Å². The molecular weight excluding hydrogens is 344 g/mol. The number of amides is 2. The minimum absolute atomic E-state index is 0.181. The van der Waals surface area contributed by atoms with Crippen LogP contribution in [0.3, 0.4) is 0 Å². The maximum Gasteiger partial charge on any atom is 0.293 e. The zero-order valence-corrected chi connectivity index (χ0v) is 15.8. The van der Waals surface area contributed by atoms with Crippen molar-refractivity contribution in [3.63, 3.8) is 0 Å². The number of aryl methyl sites for hydroxylation is 1. The van der Waals surface area contributed by atoms with Gasteiger partial charge in [-0.3, -0.25) is 14.5 Å². The molecule has 134 valence electrons. The van der Waals surface area contributed by atoms with Crippen LogP contribution in [0.15, 0.2) is 59.5 Å². The monoisotopic (exact) mass is 366 g/mol. The highest BCUT2D eigenvalue weighted by Gasteiger charge is 2.34. The number of imide groups is 1. The van der Waals surface area contributed by atoms with Crippen molar-refractivity contribution in [3.05, 3.63) is 70.6 Å². The number of nitrogens with zero attached hydrogens (tertiary/aromatic N) is 2. The summed E-state index contributed by atoms with van der Waals surface area (Å²) in [5.74, 6) is -0.190. The van der Waals surface area contributed by atoms with Crippen LogP contribution < -0.4 is 4.90 Å². The van der Waals surface area contributed by atoms with Crippen LogP contribution in [0.2, 0.25) is 0 Å². The van der Waals surface area contributed by atoms with Gasteiger partial charge in [-0.15, -0.1) is 0 Å². The van der Waals surface area contributed by atoms with E-state index in [4.69, 9.17) is 0 Å². The van der Waals surface area contributed by atoms with Gasteiger partial charge in [0.25, 0.3) is 11.1 Å². The van der Waals surface area contributed by atoms with Crippen molar-refractivity contribution in [3.8, 4) is 0 Å². The fourth-order valence-electron chi connectivity index (χ4n) is 2.80. The lowest BCUT2D eigenvalue weighted by atomic mass is 10.1. The lowest BCUT2D eigenvalue weighted by molar-refractivity contribution is -0.122. The number of carbonyl (C=O) groups excluding carboxylic acids is 2. The first-order valence-corrected chi connectivity index (χ1v) is 9.43. The molecule has 0 N–H and O–H groups in total. The third-order valence-electron chi connectivity index (χ3n) is 4.27. The fraction of sp³-hybridized carbons (Fsp3) is 0.238. The van der Waals surface area contributed by atoms with Crippen LogP contribution in [0.5, 0.6) is 0 Å². The van der Waals surface area contributed by atoms with Crippen molar-refractivity contribution in [1.82, 2.24) is 4.90 Å². The average molecular weight is 366 g/mol. The maximum atomic E-state index is 12.5. The smallest absolute Gasteiger partial charge is 0.293 e. The zero-order chi connectivity index (χ0) is 18.5. The number of hydrogen-bond donors (Lipinski definition) is 0. The van der Waals surface area contributed by atoms with E-state index < -0.39 is 0 Å². The minimum atomic E-state index is -0.190. The summed E-state index contributed by atoms with van der Waals surface area (Å²) in [6.45, 7) is 0.455. The van der Waals surface area contributed by atoms with Crippen LogP contribution in [0.4, 0.5) is 10.5 Å².